The predicted octanol–water partition coefficient (Wildman–Crippen LogP) is 2.34. The molecule has 4 heterocycles. The van der Waals surface area contributed by atoms with Crippen LogP contribution in [0.2, 0.25) is 0 Å². The number of amides is 2. The molecule has 4 rings (SSSR count). The summed E-state index contributed by atoms with van der Waals surface area (Å²) in [5, 5.41) is 1.89. The minimum Gasteiger partial charge on any atom is -0.355 e. The first-order valence-electron chi connectivity index (χ1n) is 7.82. The van der Waals surface area contributed by atoms with E-state index in [-0.39, 0.29) is 11.1 Å². The van der Waals surface area contributed by atoms with Crippen LogP contribution in [0.5, 0.6) is 0 Å². The molecule has 0 radical (unpaired) electrons. The highest BCUT2D eigenvalue weighted by atomic mass is 32.2. The number of hydrogen-bond donors (Lipinski definition) is 1. The molecule has 2 aromatic heterocycles. The molecule has 2 fully saturated rings. The van der Waals surface area contributed by atoms with Crippen LogP contribution in [0.25, 0.3) is 17.1 Å². The van der Waals surface area contributed by atoms with Gasteiger partial charge in [0, 0.05) is 13.1 Å². The first kappa shape index (κ1) is 15.1. The molecule has 8 heteroatoms. The Morgan fingerprint density at radius 1 is 1.12 bits per heavy atom. The van der Waals surface area contributed by atoms with Gasteiger partial charge in [0.15, 0.2) is 5.82 Å². The molecule has 0 bridgehead atoms. The van der Waals surface area contributed by atoms with Gasteiger partial charge in [0.2, 0.25) is 0 Å². The third kappa shape index (κ3) is 2.84. The quantitative estimate of drug-likeness (QED) is 0.839. The summed E-state index contributed by atoms with van der Waals surface area (Å²) in [6, 6.07) is 3.65. The summed E-state index contributed by atoms with van der Waals surface area (Å²) < 4.78 is 0. The Morgan fingerprint density at radius 3 is 2.71 bits per heavy atom. The van der Waals surface area contributed by atoms with Crippen molar-refractivity contribution in [2.75, 3.05) is 18.0 Å². The maximum absolute atomic E-state index is 11.7. The Kier molecular flexibility index (Phi) is 3.89. The Morgan fingerprint density at radius 2 is 1.96 bits per heavy atom. The summed E-state index contributed by atoms with van der Waals surface area (Å²) in [6.07, 6.45) is 6.72. The van der Waals surface area contributed by atoms with Gasteiger partial charge in [0.05, 0.1) is 16.1 Å². The summed E-state index contributed by atoms with van der Waals surface area (Å²) in [6.45, 7) is 1.93. The minimum atomic E-state index is -0.382. The summed E-state index contributed by atoms with van der Waals surface area (Å²) in [5.74, 6) is 0.451. The second-order valence-corrected chi connectivity index (χ2v) is 6.72. The third-order valence-corrected chi connectivity index (χ3v) is 4.87. The van der Waals surface area contributed by atoms with E-state index >= 15 is 0 Å². The number of rotatable bonds is 2. The van der Waals surface area contributed by atoms with Gasteiger partial charge in [-0.1, -0.05) is 0 Å². The van der Waals surface area contributed by atoms with Crippen molar-refractivity contribution in [2.24, 2.45) is 0 Å². The molecule has 0 aliphatic carbocycles. The van der Waals surface area contributed by atoms with Crippen LogP contribution < -0.4 is 10.2 Å². The molecule has 2 amide bonds. The molecule has 122 valence electrons. The molecular formula is C16H15N5O2S. The highest BCUT2D eigenvalue weighted by molar-refractivity contribution is 8.18. The van der Waals surface area contributed by atoms with E-state index in [1.165, 1.54) is 6.42 Å². The van der Waals surface area contributed by atoms with Gasteiger partial charge in [0.25, 0.3) is 11.1 Å². The van der Waals surface area contributed by atoms with Gasteiger partial charge < -0.3 is 4.90 Å². The Hall–Kier alpha value is -2.48. The van der Waals surface area contributed by atoms with Crippen LogP contribution in [0.4, 0.5) is 10.6 Å². The largest absolute Gasteiger partial charge is 0.355 e. The van der Waals surface area contributed by atoms with Gasteiger partial charge in [-0.15, -0.1) is 0 Å². The van der Waals surface area contributed by atoms with E-state index in [1.807, 2.05) is 6.07 Å². The van der Waals surface area contributed by atoms with E-state index in [9.17, 15) is 9.59 Å². The van der Waals surface area contributed by atoms with E-state index in [1.54, 1.807) is 18.5 Å². The smallest absolute Gasteiger partial charge is 0.290 e. The normalized spacial score (nSPS) is 20.0. The summed E-state index contributed by atoms with van der Waals surface area (Å²) in [4.78, 5) is 38.9. The van der Waals surface area contributed by atoms with Gasteiger partial charge in [0.1, 0.15) is 11.8 Å². The van der Waals surface area contributed by atoms with Crippen molar-refractivity contribution >= 4 is 45.8 Å². The fourth-order valence-corrected chi connectivity index (χ4v) is 3.58. The first-order valence-corrected chi connectivity index (χ1v) is 8.64. The van der Waals surface area contributed by atoms with Crippen LogP contribution in [0.15, 0.2) is 23.4 Å². The van der Waals surface area contributed by atoms with Crippen LogP contribution >= 0.6 is 11.8 Å². The van der Waals surface area contributed by atoms with Crippen molar-refractivity contribution < 1.29 is 9.59 Å². The van der Waals surface area contributed by atoms with Crippen molar-refractivity contribution in [2.45, 2.75) is 19.3 Å². The van der Waals surface area contributed by atoms with E-state index in [2.05, 4.69) is 25.2 Å². The fraction of sp³-hybridized carbons (Fsp3) is 0.312. The number of piperidine rings is 1. The van der Waals surface area contributed by atoms with Crippen LogP contribution in [0.3, 0.4) is 0 Å². The number of fused-ring (bicyclic) bond motifs is 1. The van der Waals surface area contributed by atoms with Gasteiger partial charge >= 0.3 is 0 Å². The zero-order valence-corrected chi connectivity index (χ0v) is 13.7. The zero-order chi connectivity index (χ0) is 16.5. The molecule has 7 nitrogen and oxygen atoms in total. The molecule has 2 aromatic rings. The molecule has 0 atom stereocenters. The summed E-state index contributed by atoms with van der Waals surface area (Å²) in [5.41, 5.74) is 2.11. The second-order valence-electron chi connectivity index (χ2n) is 5.70. The number of aromatic nitrogens is 3. The lowest BCUT2D eigenvalue weighted by Crippen LogP contribution is -2.30. The number of carbonyl (C=O) groups excluding carboxylic acids is 2. The summed E-state index contributed by atoms with van der Waals surface area (Å²) in [7, 11) is 0. The lowest BCUT2D eigenvalue weighted by molar-refractivity contribution is -0.115. The molecule has 2 saturated heterocycles. The van der Waals surface area contributed by atoms with E-state index in [0.29, 0.717) is 10.6 Å². The van der Waals surface area contributed by atoms with Crippen molar-refractivity contribution in [3.63, 3.8) is 0 Å². The maximum atomic E-state index is 11.7. The number of thioether (sulfide) groups is 1. The minimum absolute atomic E-state index is 0.350. The number of anilines is 1. The van der Waals surface area contributed by atoms with Crippen LogP contribution in [0.1, 0.15) is 25.0 Å². The lowest BCUT2D eigenvalue weighted by atomic mass is 10.1. The van der Waals surface area contributed by atoms with Gasteiger partial charge in [-0.2, -0.15) is 0 Å². The molecule has 0 unspecified atom stereocenters. The first-order chi connectivity index (χ1) is 11.7. The number of imide groups is 1. The molecule has 0 saturated carbocycles. The molecule has 1 N–H and O–H groups in total. The Labute approximate surface area is 142 Å². The number of carbonyl (C=O) groups is 2. The van der Waals surface area contributed by atoms with Crippen LogP contribution in [0, 0.1) is 0 Å². The number of pyridine rings is 1. The number of hydrogen-bond acceptors (Lipinski definition) is 7. The zero-order valence-electron chi connectivity index (χ0n) is 12.9. The molecule has 0 spiro atoms. The fourth-order valence-electron chi connectivity index (χ4n) is 2.92. The maximum Gasteiger partial charge on any atom is 0.290 e. The third-order valence-electron chi connectivity index (χ3n) is 4.06. The van der Waals surface area contributed by atoms with Crippen molar-refractivity contribution in [3.8, 4) is 0 Å². The number of nitrogens with one attached hydrogen (secondary N) is 1. The average molecular weight is 341 g/mol. The van der Waals surface area contributed by atoms with E-state index in [0.717, 1.165) is 54.5 Å². The van der Waals surface area contributed by atoms with Crippen LogP contribution in [-0.2, 0) is 4.79 Å². The molecule has 24 heavy (non-hydrogen) atoms. The molecule has 2 aliphatic rings. The van der Waals surface area contributed by atoms with Gasteiger partial charge in [-0.25, -0.2) is 15.0 Å². The molecular weight excluding hydrogens is 326 g/mol. The standard InChI is InChI=1S/C16H15N5O2S/c22-15-12(24-16(23)20-15)8-10-4-5-11-13(19-10)14(18-9-17-11)21-6-2-1-3-7-21/h4-5,8-9H,1-3,6-7H2,(H,20,22,23). The van der Waals surface area contributed by atoms with Crippen LogP contribution in [-0.4, -0.2) is 39.2 Å². The SMILES string of the molecule is O=C1NC(=O)C(=Cc2ccc3ncnc(N4CCCCC4)c3n2)S1. The molecule has 0 aromatic carbocycles. The van der Waals surface area contributed by atoms with E-state index < -0.39 is 0 Å². The van der Waals surface area contributed by atoms with Crippen molar-refractivity contribution in [1.82, 2.24) is 20.3 Å². The Bertz CT molecular complexity index is 861. The van der Waals surface area contributed by atoms with E-state index in [4.69, 9.17) is 0 Å². The monoisotopic (exact) mass is 341 g/mol. The highest BCUT2D eigenvalue weighted by Gasteiger charge is 2.25. The van der Waals surface area contributed by atoms with Crippen molar-refractivity contribution in [1.29, 1.82) is 0 Å². The predicted molar refractivity (Wildman–Crippen MR) is 92.5 cm³/mol. The lowest BCUT2D eigenvalue weighted by Gasteiger charge is -2.28. The summed E-state index contributed by atoms with van der Waals surface area (Å²) >= 11 is 0.886. The van der Waals surface area contributed by atoms with Gasteiger partial charge in [-0.3, -0.25) is 14.9 Å². The second kappa shape index (κ2) is 6.20. The topological polar surface area (TPSA) is 88.1 Å². The molecule has 2 aliphatic heterocycles. The van der Waals surface area contributed by atoms with Gasteiger partial charge in [-0.05, 0) is 49.2 Å². The average Bonchev–Trinajstić information content (AvgIpc) is 2.92. The number of nitrogens with zero attached hydrogens (tertiary/aromatic N) is 4. The highest BCUT2D eigenvalue weighted by Crippen LogP contribution is 2.27. The Balaban J connectivity index is 1.75. The van der Waals surface area contributed by atoms with Crippen molar-refractivity contribution in [3.05, 3.63) is 29.1 Å².